The molecule has 2 aromatic heterocycles. The van der Waals surface area contributed by atoms with Crippen molar-refractivity contribution >= 4 is 32.4 Å². The van der Waals surface area contributed by atoms with Gasteiger partial charge in [0, 0.05) is 17.4 Å². The Bertz CT molecular complexity index is 1260. The number of nitrogens with zero attached hydrogens (tertiary/aromatic N) is 3. The number of nitriles is 1. The Morgan fingerprint density at radius 1 is 1.23 bits per heavy atom. The number of H-pyrrole nitrogens is 1. The molecular weight excluding hydrogens is 404 g/mol. The predicted octanol–water partition coefficient (Wildman–Crippen LogP) is 3.02. The largest absolute Gasteiger partial charge is 0.338 e. The second-order valence-electron chi connectivity index (χ2n) is 8.08. The van der Waals surface area contributed by atoms with Crippen molar-refractivity contribution in [3.63, 3.8) is 0 Å². The molecule has 0 fully saturated rings. The summed E-state index contributed by atoms with van der Waals surface area (Å²) in [6.07, 6.45) is 1.78. The van der Waals surface area contributed by atoms with Gasteiger partial charge in [-0.15, -0.1) is 0 Å². The SMILES string of the molecule is C[C@H](CC#N)n1nc(Nc2ccc(S(=O)(=O)NC(C)(C)C)cc2)c2c(=O)[nH]ccc21. The van der Waals surface area contributed by atoms with Crippen LogP contribution in [0.2, 0.25) is 0 Å². The van der Waals surface area contributed by atoms with Crippen molar-refractivity contribution in [3.05, 3.63) is 46.9 Å². The fourth-order valence-electron chi connectivity index (χ4n) is 3.06. The van der Waals surface area contributed by atoms with E-state index in [4.69, 9.17) is 5.26 Å². The molecule has 0 aliphatic carbocycles. The first-order valence-electron chi connectivity index (χ1n) is 9.40. The fourth-order valence-corrected chi connectivity index (χ4v) is 4.48. The molecule has 2 heterocycles. The minimum atomic E-state index is -3.65. The lowest BCUT2D eigenvalue weighted by Crippen LogP contribution is -2.40. The van der Waals surface area contributed by atoms with Crippen LogP contribution < -0.4 is 15.6 Å². The Morgan fingerprint density at radius 2 is 1.90 bits per heavy atom. The Kier molecular flexibility index (Phi) is 5.70. The van der Waals surface area contributed by atoms with Gasteiger partial charge in [0.1, 0.15) is 5.39 Å². The van der Waals surface area contributed by atoms with Gasteiger partial charge in [-0.1, -0.05) is 0 Å². The van der Waals surface area contributed by atoms with Gasteiger partial charge in [-0.05, 0) is 58.0 Å². The predicted molar refractivity (Wildman–Crippen MR) is 115 cm³/mol. The molecule has 0 aliphatic rings. The maximum Gasteiger partial charge on any atom is 0.261 e. The van der Waals surface area contributed by atoms with Gasteiger partial charge in [0.15, 0.2) is 5.82 Å². The van der Waals surface area contributed by atoms with E-state index < -0.39 is 15.6 Å². The minimum Gasteiger partial charge on any atom is -0.338 e. The monoisotopic (exact) mass is 428 g/mol. The molecule has 0 bridgehead atoms. The second-order valence-corrected chi connectivity index (χ2v) is 9.76. The second kappa shape index (κ2) is 7.93. The van der Waals surface area contributed by atoms with Crippen LogP contribution in [0.1, 0.15) is 40.2 Å². The van der Waals surface area contributed by atoms with Crippen molar-refractivity contribution in [1.29, 1.82) is 5.26 Å². The zero-order valence-corrected chi connectivity index (χ0v) is 18.0. The number of hydrogen-bond acceptors (Lipinski definition) is 6. The van der Waals surface area contributed by atoms with Gasteiger partial charge in [0.25, 0.3) is 5.56 Å². The number of benzene rings is 1. The molecule has 0 radical (unpaired) electrons. The van der Waals surface area contributed by atoms with E-state index >= 15 is 0 Å². The summed E-state index contributed by atoms with van der Waals surface area (Å²) in [5, 5.41) is 16.9. The van der Waals surface area contributed by atoms with Crippen LogP contribution >= 0.6 is 0 Å². The molecule has 158 valence electrons. The molecule has 0 spiro atoms. The molecule has 30 heavy (non-hydrogen) atoms. The van der Waals surface area contributed by atoms with Gasteiger partial charge in [0.2, 0.25) is 10.0 Å². The van der Waals surface area contributed by atoms with Gasteiger partial charge in [-0.2, -0.15) is 10.4 Å². The van der Waals surface area contributed by atoms with E-state index in [0.29, 0.717) is 22.4 Å². The van der Waals surface area contributed by atoms with E-state index in [9.17, 15) is 13.2 Å². The summed E-state index contributed by atoms with van der Waals surface area (Å²) in [6, 6.07) is 9.81. The van der Waals surface area contributed by atoms with Gasteiger partial charge in [-0.25, -0.2) is 13.1 Å². The highest BCUT2D eigenvalue weighted by Gasteiger charge is 2.22. The first kappa shape index (κ1) is 21.5. The van der Waals surface area contributed by atoms with Crippen molar-refractivity contribution in [2.45, 2.75) is 50.6 Å². The quantitative estimate of drug-likeness (QED) is 0.553. The molecule has 0 saturated heterocycles. The molecular formula is C20H24N6O3S. The number of aromatic nitrogens is 3. The number of aromatic amines is 1. The molecule has 3 aromatic rings. The summed E-state index contributed by atoms with van der Waals surface area (Å²) in [7, 11) is -3.65. The van der Waals surface area contributed by atoms with Crippen LogP contribution in [0.25, 0.3) is 10.9 Å². The van der Waals surface area contributed by atoms with Crippen molar-refractivity contribution in [2.75, 3.05) is 5.32 Å². The molecule has 3 rings (SSSR count). The number of pyridine rings is 1. The molecule has 3 N–H and O–H groups in total. The molecule has 0 aliphatic heterocycles. The van der Waals surface area contributed by atoms with Crippen molar-refractivity contribution in [3.8, 4) is 6.07 Å². The van der Waals surface area contributed by atoms with Crippen LogP contribution in [-0.2, 0) is 10.0 Å². The van der Waals surface area contributed by atoms with E-state index in [1.807, 2.05) is 6.92 Å². The number of hydrogen-bond donors (Lipinski definition) is 3. The first-order chi connectivity index (χ1) is 14.0. The highest BCUT2D eigenvalue weighted by molar-refractivity contribution is 7.89. The van der Waals surface area contributed by atoms with Gasteiger partial charge in [-0.3, -0.25) is 9.48 Å². The number of fused-ring (bicyclic) bond motifs is 1. The zero-order valence-electron chi connectivity index (χ0n) is 17.2. The minimum absolute atomic E-state index is 0.138. The third-order valence-electron chi connectivity index (χ3n) is 4.30. The third-order valence-corrected chi connectivity index (χ3v) is 6.08. The van der Waals surface area contributed by atoms with E-state index in [1.54, 1.807) is 43.7 Å². The Balaban J connectivity index is 1.96. The average Bonchev–Trinajstić information content (AvgIpc) is 3.00. The highest BCUT2D eigenvalue weighted by Crippen LogP contribution is 2.27. The molecule has 10 heteroatoms. The molecule has 1 aromatic carbocycles. The van der Waals surface area contributed by atoms with Crippen LogP contribution in [-0.4, -0.2) is 28.7 Å². The van der Waals surface area contributed by atoms with E-state index in [0.717, 1.165) is 0 Å². The Morgan fingerprint density at radius 3 is 2.50 bits per heavy atom. The summed E-state index contributed by atoms with van der Waals surface area (Å²) in [5.74, 6) is 0.333. The molecule has 0 saturated carbocycles. The van der Waals surface area contributed by atoms with Crippen molar-refractivity contribution in [2.24, 2.45) is 0 Å². The number of sulfonamides is 1. The third kappa shape index (κ3) is 4.53. The van der Waals surface area contributed by atoms with E-state index in [-0.39, 0.29) is 22.9 Å². The maximum atomic E-state index is 12.5. The fraction of sp³-hybridized carbons (Fsp3) is 0.350. The maximum absolute atomic E-state index is 12.5. The summed E-state index contributed by atoms with van der Waals surface area (Å²) in [6.45, 7) is 7.16. The lowest BCUT2D eigenvalue weighted by atomic mass is 10.1. The average molecular weight is 429 g/mol. The number of rotatable bonds is 6. The molecule has 0 amide bonds. The van der Waals surface area contributed by atoms with Crippen molar-refractivity contribution < 1.29 is 8.42 Å². The zero-order chi connectivity index (χ0) is 22.1. The lowest BCUT2D eigenvalue weighted by Gasteiger charge is -2.20. The van der Waals surface area contributed by atoms with Crippen LogP contribution in [0.4, 0.5) is 11.5 Å². The summed E-state index contributed by atoms with van der Waals surface area (Å²) in [5.41, 5.74) is 0.284. The summed E-state index contributed by atoms with van der Waals surface area (Å²) < 4.78 is 29.2. The van der Waals surface area contributed by atoms with Gasteiger partial charge < -0.3 is 10.3 Å². The first-order valence-corrected chi connectivity index (χ1v) is 10.9. The molecule has 9 nitrogen and oxygen atoms in total. The normalized spacial score (nSPS) is 13.2. The topological polar surface area (TPSA) is 133 Å². The standard InChI is InChI=1S/C20H24N6O3S/c1-13(9-11-21)26-16-10-12-22-19(27)17(16)18(24-26)23-14-5-7-15(8-6-14)30(28,29)25-20(2,3)4/h5-8,10,12-13,25H,9H2,1-4H3,(H,22,27)(H,23,24)/t13-/m1/s1. The smallest absolute Gasteiger partial charge is 0.261 e. The number of nitrogens with one attached hydrogen (secondary N) is 3. The highest BCUT2D eigenvalue weighted by atomic mass is 32.2. The van der Waals surface area contributed by atoms with Crippen LogP contribution in [0, 0.1) is 11.3 Å². The lowest BCUT2D eigenvalue weighted by molar-refractivity contribution is 0.491. The summed E-state index contributed by atoms with van der Waals surface area (Å²) in [4.78, 5) is 15.2. The Hall–Kier alpha value is -3.16. The van der Waals surface area contributed by atoms with E-state index in [1.165, 1.54) is 18.3 Å². The van der Waals surface area contributed by atoms with Crippen molar-refractivity contribution in [1.82, 2.24) is 19.5 Å². The molecule has 0 unspecified atom stereocenters. The van der Waals surface area contributed by atoms with Crippen LogP contribution in [0.5, 0.6) is 0 Å². The van der Waals surface area contributed by atoms with E-state index in [2.05, 4.69) is 26.2 Å². The van der Waals surface area contributed by atoms with Gasteiger partial charge in [0.05, 0.1) is 28.9 Å². The van der Waals surface area contributed by atoms with Crippen LogP contribution in [0.3, 0.4) is 0 Å². The van der Waals surface area contributed by atoms with Crippen LogP contribution in [0.15, 0.2) is 46.2 Å². The Labute approximate surface area is 174 Å². The summed E-state index contributed by atoms with van der Waals surface area (Å²) >= 11 is 0. The van der Waals surface area contributed by atoms with Gasteiger partial charge >= 0.3 is 0 Å². The number of anilines is 2. The molecule has 1 atom stereocenters.